The van der Waals surface area contributed by atoms with Gasteiger partial charge in [-0.3, -0.25) is 4.57 Å². The minimum atomic E-state index is -0.701. The number of aromatic amines is 1. The van der Waals surface area contributed by atoms with Crippen molar-refractivity contribution in [2.75, 3.05) is 0 Å². The number of nitrogens with zero attached hydrogens (tertiary/aromatic N) is 1. The van der Waals surface area contributed by atoms with Gasteiger partial charge in [0.05, 0.1) is 17.1 Å². The molecule has 1 aliphatic rings. The molecule has 2 atom stereocenters. The first kappa shape index (κ1) is 9.62. The van der Waals surface area contributed by atoms with E-state index in [1.54, 1.807) is 4.57 Å². The predicted molar refractivity (Wildman–Crippen MR) is 60.1 cm³/mol. The van der Waals surface area contributed by atoms with E-state index in [1.807, 2.05) is 18.2 Å². The molecular formula is C11H13N3O2. The van der Waals surface area contributed by atoms with Gasteiger partial charge in [-0.25, -0.2) is 4.79 Å². The highest BCUT2D eigenvalue weighted by Crippen LogP contribution is 2.28. The molecule has 0 aliphatic carbocycles. The topological polar surface area (TPSA) is 84.0 Å². The highest BCUT2D eigenvalue weighted by atomic mass is 16.3. The van der Waals surface area contributed by atoms with Crippen LogP contribution in [0.15, 0.2) is 23.0 Å². The molecule has 1 aliphatic heterocycles. The molecule has 5 heteroatoms. The van der Waals surface area contributed by atoms with Crippen molar-refractivity contribution < 1.29 is 5.11 Å². The van der Waals surface area contributed by atoms with E-state index in [0.717, 1.165) is 16.6 Å². The molecule has 2 aromatic rings. The number of hydrogen-bond acceptors (Lipinski definition) is 3. The third-order valence-corrected chi connectivity index (χ3v) is 3.23. The van der Waals surface area contributed by atoms with Crippen molar-refractivity contribution in [2.45, 2.75) is 25.1 Å². The normalized spacial score (nSPS) is 24.6. The van der Waals surface area contributed by atoms with Gasteiger partial charge in [-0.05, 0) is 12.5 Å². The van der Waals surface area contributed by atoms with Crippen molar-refractivity contribution in [1.29, 1.82) is 0 Å². The minimum Gasteiger partial charge on any atom is -0.387 e. The number of rotatable bonds is 0. The van der Waals surface area contributed by atoms with E-state index in [2.05, 4.69) is 4.98 Å². The summed E-state index contributed by atoms with van der Waals surface area (Å²) in [5, 5.41) is 10.1. The molecule has 0 radical (unpaired) electrons. The zero-order chi connectivity index (χ0) is 11.3. The van der Waals surface area contributed by atoms with Crippen LogP contribution in [-0.4, -0.2) is 20.7 Å². The number of aliphatic hydroxyl groups excluding tert-OH is 1. The molecular weight excluding hydrogens is 206 g/mol. The van der Waals surface area contributed by atoms with Crippen LogP contribution in [0.25, 0.3) is 11.0 Å². The smallest absolute Gasteiger partial charge is 0.326 e. The number of aromatic nitrogens is 2. The molecule has 1 aromatic carbocycles. The van der Waals surface area contributed by atoms with Crippen molar-refractivity contribution >= 4 is 11.0 Å². The molecule has 0 amide bonds. The van der Waals surface area contributed by atoms with Crippen LogP contribution in [0.1, 0.15) is 18.1 Å². The number of nitrogens with two attached hydrogens (primary N) is 1. The van der Waals surface area contributed by atoms with E-state index in [1.165, 1.54) is 0 Å². The molecule has 0 spiro atoms. The minimum absolute atomic E-state index is 0.135. The first-order chi connectivity index (χ1) is 7.68. The Morgan fingerprint density at radius 1 is 1.50 bits per heavy atom. The molecule has 0 saturated heterocycles. The number of para-hydroxylation sites is 1. The fourth-order valence-corrected chi connectivity index (χ4v) is 2.37. The third-order valence-electron chi connectivity index (χ3n) is 3.23. The van der Waals surface area contributed by atoms with Crippen LogP contribution in [0, 0.1) is 0 Å². The standard InChI is InChI=1S/C11H13N3O2/c12-7-4-5-14-9-6(10(7)15)2-1-3-8(9)13-11(14)16/h1-3,7,10,15H,4-5,12H2,(H,13,16)/t7-,10+/m0/s1. The Balaban J connectivity index is 2.41. The molecule has 5 nitrogen and oxygen atoms in total. The number of aliphatic hydroxyl groups is 1. The quantitative estimate of drug-likeness (QED) is 0.587. The molecule has 4 N–H and O–H groups in total. The summed E-state index contributed by atoms with van der Waals surface area (Å²) in [6.45, 7) is 0.550. The lowest BCUT2D eigenvalue weighted by Gasteiger charge is -2.15. The predicted octanol–water partition coefficient (Wildman–Crippen LogP) is 0.0940. The number of nitrogens with one attached hydrogen (secondary N) is 1. The third kappa shape index (κ3) is 1.15. The molecule has 3 rings (SSSR count). The summed E-state index contributed by atoms with van der Waals surface area (Å²) in [5.41, 5.74) is 8.01. The fourth-order valence-electron chi connectivity index (χ4n) is 2.37. The fraction of sp³-hybridized carbons (Fsp3) is 0.364. The molecule has 0 bridgehead atoms. The lowest BCUT2D eigenvalue weighted by molar-refractivity contribution is 0.144. The Labute approximate surface area is 91.5 Å². The van der Waals surface area contributed by atoms with Gasteiger partial charge in [-0.2, -0.15) is 0 Å². The van der Waals surface area contributed by atoms with Crippen LogP contribution in [-0.2, 0) is 6.54 Å². The molecule has 16 heavy (non-hydrogen) atoms. The number of benzene rings is 1. The van der Waals surface area contributed by atoms with Gasteiger partial charge in [-0.15, -0.1) is 0 Å². The Kier molecular flexibility index (Phi) is 1.92. The maximum atomic E-state index is 11.7. The van der Waals surface area contributed by atoms with E-state index < -0.39 is 6.10 Å². The second-order valence-corrected chi connectivity index (χ2v) is 4.22. The lowest BCUT2D eigenvalue weighted by atomic mass is 10.0. The lowest BCUT2D eigenvalue weighted by Crippen LogP contribution is -2.28. The monoisotopic (exact) mass is 219 g/mol. The second kappa shape index (κ2) is 3.20. The van der Waals surface area contributed by atoms with Crippen molar-refractivity contribution in [3.05, 3.63) is 34.2 Å². The molecule has 84 valence electrons. The Morgan fingerprint density at radius 2 is 2.31 bits per heavy atom. The average Bonchev–Trinajstić information content (AvgIpc) is 2.53. The van der Waals surface area contributed by atoms with Gasteiger partial charge in [0.1, 0.15) is 0 Å². The van der Waals surface area contributed by atoms with Crippen LogP contribution in [0.4, 0.5) is 0 Å². The van der Waals surface area contributed by atoms with Gasteiger partial charge in [0, 0.05) is 18.2 Å². The van der Waals surface area contributed by atoms with Crippen molar-refractivity contribution in [3.8, 4) is 0 Å². The summed E-state index contributed by atoms with van der Waals surface area (Å²) < 4.78 is 1.65. The van der Waals surface area contributed by atoms with Crippen LogP contribution < -0.4 is 11.4 Å². The van der Waals surface area contributed by atoms with Gasteiger partial charge in [0.15, 0.2) is 0 Å². The summed E-state index contributed by atoms with van der Waals surface area (Å²) in [6.07, 6.45) is -0.101. The summed E-state index contributed by atoms with van der Waals surface area (Å²) in [7, 11) is 0. The van der Waals surface area contributed by atoms with Crippen LogP contribution >= 0.6 is 0 Å². The van der Waals surface area contributed by atoms with Crippen LogP contribution in [0.5, 0.6) is 0 Å². The Bertz CT molecular complexity index is 599. The van der Waals surface area contributed by atoms with Crippen LogP contribution in [0.3, 0.4) is 0 Å². The van der Waals surface area contributed by atoms with E-state index in [-0.39, 0.29) is 11.7 Å². The van der Waals surface area contributed by atoms with Crippen LogP contribution in [0.2, 0.25) is 0 Å². The molecule has 0 fully saturated rings. The largest absolute Gasteiger partial charge is 0.387 e. The molecule has 2 heterocycles. The van der Waals surface area contributed by atoms with E-state index in [0.29, 0.717) is 13.0 Å². The molecule has 1 aromatic heterocycles. The zero-order valence-electron chi connectivity index (χ0n) is 8.68. The highest BCUT2D eigenvalue weighted by Gasteiger charge is 2.25. The Morgan fingerprint density at radius 3 is 3.12 bits per heavy atom. The van der Waals surface area contributed by atoms with Gasteiger partial charge in [0.25, 0.3) is 0 Å². The first-order valence-corrected chi connectivity index (χ1v) is 5.33. The average molecular weight is 219 g/mol. The van der Waals surface area contributed by atoms with Gasteiger partial charge in [0.2, 0.25) is 0 Å². The van der Waals surface area contributed by atoms with E-state index in [4.69, 9.17) is 5.73 Å². The first-order valence-electron chi connectivity index (χ1n) is 5.33. The van der Waals surface area contributed by atoms with Crippen molar-refractivity contribution in [3.63, 3.8) is 0 Å². The summed E-state index contributed by atoms with van der Waals surface area (Å²) in [5.74, 6) is 0. The maximum absolute atomic E-state index is 11.7. The van der Waals surface area contributed by atoms with E-state index >= 15 is 0 Å². The zero-order valence-corrected chi connectivity index (χ0v) is 8.68. The van der Waals surface area contributed by atoms with Crippen molar-refractivity contribution in [1.82, 2.24) is 9.55 Å². The van der Waals surface area contributed by atoms with Gasteiger partial charge in [-0.1, -0.05) is 12.1 Å². The number of hydrogen-bond donors (Lipinski definition) is 3. The van der Waals surface area contributed by atoms with Crippen molar-refractivity contribution in [2.24, 2.45) is 5.73 Å². The number of imidazole rings is 1. The second-order valence-electron chi connectivity index (χ2n) is 4.22. The summed E-state index contributed by atoms with van der Waals surface area (Å²) >= 11 is 0. The summed E-state index contributed by atoms with van der Waals surface area (Å²) in [6, 6.07) is 5.16. The van der Waals surface area contributed by atoms with Gasteiger partial charge >= 0.3 is 5.69 Å². The maximum Gasteiger partial charge on any atom is 0.326 e. The number of H-pyrrole nitrogens is 1. The summed E-state index contributed by atoms with van der Waals surface area (Å²) in [4.78, 5) is 14.5. The molecule has 0 saturated carbocycles. The molecule has 0 unspecified atom stereocenters. The Hall–Kier alpha value is -1.59. The van der Waals surface area contributed by atoms with Gasteiger partial charge < -0.3 is 15.8 Å². The SMILES string of the molecule is N[C@H]1CCn2c(=O)[nH]c3cccc(c32)[C@H]1O. The highest BCUT2D eigenvalue weighted by molar-refractivity contribution is 5.79. The number of aryl methyl sites for hydroxylation is 1. The van der Waals surface area contributed by atoms with E-state index in [9.17, 15) is 9.90 Å².